The SMILES string of the molecule is CCSC1=C(C#N)[C@H](c2ccc(OC)c(OC)c2)CC(=O)N1. The van der Waals surface area contributed by atoms with E-state index in [0.29, 0.717) is 22.1 Å². The van der Waals surface area contributed by atoms with Crippen LogP contribution in [-0.4, -0.2) is 25.9 Å². The minimum Gasteiger partial charge on any atom is -0.493 e. The summed E-state index contributed by atoms with van der Waals surface area (Å²) in [5.41, 5.74) is 1.47. The van der Waals surface area contributed by atoms with Gasteiger partial charge < -0.3 is 14.8 Å². The number of nitrogens with one attached hydrogen (secondary N) is 1. The van der Waals surface area contributed by atoms with E-state index in [1.54, 1.807) is 20.3 Å². The first-order chi connectivity index (χ1) is 10.6. The zero-order valence-corrected chi connectivity index (χ0v) is 13.6. The lowest BCUT2D eigenvalue weighted by Crippen LogP contribution is -2.30. The van der Waals surface area contributed by atoms with Gasteiger partial charge in [0.05, 0.1) is 30.9 Å². The topological polar surface area (TPSA) is 71.3 Å². The van der Waals surface area contributed by atoms with Crippen molar-refractivity contribution >= 4 is 17.7 Å². The molecule has 0 bridgehead atoms. The molecule has 0 aliphatic carbocycles. The number of carbonyl (C=O) groups excluding carboxylic acids is 1. The van der Waals surface area contributed by atoms with Crippen LogP contribution in [0.1, 0.15) is 24.8 Å². The van der Waals surface area contributed by atoms with E-state index in [1.807, 2.05) is 19.1 Å². The van der Waals surface area contributed by atoms with Gasteiger partial charge in [0.1, 0.15) is 0 Å². The number of amides is 1. The highest BCUT2D eigenvalue weighted by Gasteiger charge is 2.29. The first-order valence-corrected chi connectivity index (χ1v) is 7.92. The van der Waals surface area contributed by atoms with Crippen LogP contribution in [0.3, 0.4) is 0 Å². The standard InChI is InChI=1S/C16H18N2O3S/c1-4-22-16-12(9-17)11(8-15(19)18-16)10-5-6-13(20-2)14(7-10)21-3/h5-7,11H,4,8H2,1-3H3,(H,18,19)/t11-/m0/s1. The second-order valence-corrected chi connectivity index (χ2v) is 5.98. The Kier molecular flexibility index (Phi) is 5.34. The van der Waals surface area contributed by atoms with Crippen LogP contribution in [-0.2, 0) is 4.79 Å². The van der Waals surface area contributed by atoms with Crippen molar-refractivity contribution in [3.63, 3.8) is 0 Å². The Morgan fingerprint density at radius 2 is 2.09 bits per heavy atom. The van der Waals surface area contributed by atoms with E-state index in [-0.39, 0.29) is 18.2 Å². The van der Waals surface area contributed by atoms with Gasteiger partial charge in [0.25, 0.3) is 0 Å². The summed E-state index contributed by atoms with van der Waals surface area (Å²) in [5.74, 6) is 1.67. The van der Waals surface area contributed by atoms with Crippen LogP contribution in [0.2, 0.25) is 0 Å². The maximum absolute atomic E-state index is 11.9. The Hall–Kier alpha value is -2.13. The van der Waals surface area contributed by atoms with Crippen LogP contribution in [0.5, 0.6) is 11.5 Å². The fourth-order valence-corrected chi connectivity index (χ4v) is 3.25. The van der Waals surface area contributed by atoms with Gasteiger partial charge in [-0.25, -0.2) is 0 Å². The van der Waals surface area contributed by atoms with E-state index < -0.39 is 0 Å². The van der Waals surface area contributed by atoms with E-state index in [4.69, 9.17) is 9.47 Å². The minimum atomic E-state index is -0.257. The highest BCUT2D eigenvalue weighted by Crippen LogP contribution is 2.39. The summed E-state index contributed by atoms with van der Waals surface area (Å²) in [6, 6.07) is 7.74. The molecule has 1 atom stereocenters. The maximum Gasteiger partial charge on any atom is 0.225 e. The van der Waals surface area contributed by atoms with Crippen LogP contribution in [0.4, 0.5) is 0 Å². The summed E-state index contributed by atoms with van der Waals surface area (Å²) in [6.45, 7) is 1.98. The van der Waals surface area contributed by atoms with Gasteiger partial charge >= 0.3 is 0 Å². The second kappa shape index (κ2) is 7.23. The molecule has 0 aromatic heterocycles. The quantitative estimate of drug-likeness (QED) is 0.904. The molecule has 0 radical (unpaired) electrons. The van der Waals surface area contributed by atoms with Crippen molar-refractivity contribution in [2.75, 3.05) is 20.0 Å². The molecule has 0 fully saturated rings. The van der Waals surface area contributed by atoms with Gasteiger partial charge in [-0.1, -0.05) is 13.0 Å². The molecule has 1 aromatic carbocycles. The average molecular weight is 318 g/mol. The number of hydrogen-bond acceptors (Lipinski definition) is 5. The molecule has 0 spiro atoms. The molecule has 5 nitrogen and oxygen atoms in total. The van der Waals surface area contributed by atoms with E-state index >= 15 is 0 Å². The summed E-state index contributed by atoms with van der Waals surface area (Å²) in [7, 11) is 3.14. The molecule has 6 heteroatoms. The van der Waals surface area contributed by atoms with E-state index in [1.165, 1.54) is 11.8 Å². The highest BCUT2D eigenvalue weighted by molar-refractivity contribution is 8.03. The number of carbonyl (C=O) groups is 1. The first kappa shape index (κ1) is 16.2. The molecule has 116 valence electrons. The third kappa shape index (κ3) is 3.20. The first-order valence-electron chi connectivity index (χ1n) is 6.93. The predicted octanol–water partition coefficient (Wildman–Crippen LogP) is 2.80. The third-order valence-corrected chi connectivity index (χ3v) is 4.35. The van der Waals surface area contributed by atoms with Crippen LogP contribution < -0.4 is 14.8 Å². The predicted molar refractivity (Wildman–Crippen MR) is 85.8 cm³/mol. The second-order valence-electron chi connectivity index (χ2n) is 4.71. The molecule has 0 saturated carbocycles. The Labute approximate surface area is 134 Å². The molecule has 1 aliphatic rings. The van der Waals surface area contributed by atoms with Gasteiger partial charge in [-0.15, -0.1) is 11.8 Å². The van der Waals surface area contributed by atoms with Crippen LogP contribution in [0.25, 0.3) is 0 Å². The van der Waals surface area contributed by atoms with Crippen LogP contribution >= 0.6 is 11.8 Å². The largest absolute Gasteiger partial charge is 0.493 e. The van der Waals surface area contributed by atoms with Crippen molar-refractivity contribution in [2.24, 2.45) is 0 Å². The molecule has 1 N–H and O–H groups in total. The van der Waals surface area contributed by atoms with Crippen LogP contribution in [0.15, 0.2) is 28.8 Å². The minimum absolute atomic E-state index is 0.0743. The summed E-state index contributed by atoms with van der Waals surface area (Å²) in [5, 5.41) is 13.0. The molecule has 1 aliphatic heterocycles. The number of allylic oxidation sites excluding steroid dienone is 1. The monoisotopic (exact) mass is 318 g/mol. The summed E-state index contributed by atoms with van der Waals surface area (Å²) in [4.78, 5) is 11.9. The van der Waals surface area contributed by atoms with Crippen molar-refractivity contribution in [2.45, 2.75) is 19.3 Å². The van der Waals surface area contributed by atoms with Gasteiger partial charge in [-0.05, 0) is 23.4 Å². The third-order valence-electron chi connectivity index (χ3n) is 3.45. The molecule has 0 unspecified atom stereocenters. The van der Waals surface area contributed by atoms with E-state index in [0.717, 1.165) is 11.3 Å². The number of thioether (sulfide) groups is 1. The van der Waals surface area contributed by atoms with Gasteiger partial charge in [0.2, 0.25) is 5.91 Å². The summed E-state index contributed by atoms with van der Waals surface area (Å²) < 4.78 is 10.5. The summed E-state index contributed by atoms with van der Waals surface area (Å²) in [6.07, 6.45) is 0.256. The smallest absolute Gasteiger partial charge is 0.225 e. The average Bonchev–Trinajstić information content (AvgIpc) is 2.54. The number of benzene rings is 1. The lowest BCUT2D eigenvalue weighted by molar-refractivity contribution is -0.120. The molecule has 1 amide bonds. The molecular formula is C16H18N2O3S. The lowest BCUT2D eigenvalue weighted by atomic mass is 9.87. The molecular weight excluding hydrogens is 300 g/mol. The van der Waals surface area contributed by atoms with Crippen molar-refractivity contribution < 1.29 is 14.3 Å². The Balaban J connectivity index is 2.47. The molecule has 1 aromatic rings. The fourth-order valence-electron chi connectivity index (χ4n) is 2.43. The molecule has 1 heterocycles. The van der Waals surface area contributed by atoms with Crippen molar-refractivity contribution in [3.8, 4) is 17.6 Å². The molecule has 2 rings (SSSR count). The molecule has 22 heavy (non-hydrogen) atoms. The molecule has 0 saturated heterocycles. The zero-order valence-electron chi connectivity index (χ0n) is 12.8. The Morgan fingerprint density at radius 3 is 2.68 bits per heavy atom. The van der Waals surface area contributed by atoms with Gasteiger partial charge in [0, 0.05) is 12.3 Å². The van der Waals surface area contributed by atoms with Gasteiger partial charge in [0.15, 0.2) is 11.5 Å². The fraction of sp³-hybridized carbons (Fsp3) is 0.375. The number of methoxy groups -OCH3 is 2. The summed E-state index contributed by atoms with van der Waals surface area (Å²) >= 11 is 1.47. The van der Waals surface area contributed by atoms with Gasteiger partial charge in [-0.2, -0.15) is 5.26 Å². The Bertz CT molecular complexity index is 649. The van der Waals surface area contributed by atoms with E-state index in [2.05, 4.69) is 11.4 Å². The maximum atomic E-state index is 11.9. The number of hydrogen-bond donors (Lipinski definition) is 1. The Morgan fingerprint density at radius 1 is 1.36 bits per heavy atom. The lowest BCUT2D eigenvalue weighted by Gasteiger charge is -2.25. The number of nitrogens with zero attached hydrogens (tertiary/aromatic N) is 1. The highest BCUT2D eigenvalue weighted by atomic mass is 32.2. The zero-order chi connectivity index (χ0) is 16.1. The number of ether oxygens (including phenoxy) is 2. The van der Waals surface area contributed by atoms with Crippen molar-refractivity contribution in [3.05, 3.63) is 34.4 Å². The van der Waals surface area contributed by atoms with Gasteiger partial charge in [-0.3, -0.25) is 4.79 Å². The normalized spacial score (nSPS) is 17.7. The number of rotatable bonds is 5. The van der Waals surface area contributed by atoms with Crippen molar-refractivity contribution in [1.82, 2.24) is 5.32 Å². The van der Waals surface area contributed by atoms with Crippen LogP contribution in [0, 0.1) is 11.3 Å². The van der Waals surface area contributed by atoms with Crippen molar-refractivity contribution in [1.29, 1.82) is 5.26 Å². The van der Waals surface area contributed by atoms with E-state index in [9.17, 15) is 10.1 Å². The number of nitriles is 1.